The van der Waals surface area contributed by atoms with E-state index in [9.17, 15) is 18.8 Å². The van der Waals surface area contributed by atoms with Gasteiger partial charge in [0.2, 0.25) is 11.8 Å². The Balaban J connectivity index is 1.40. The first kappa shape index (κ1) is 22.5. The van der Waals surface area contributed by atoms with Gasteiger partial charge in [0.05, 0.1) is 6.26 Å². The van der Waals surface area contributed by atoms with Gasteiger partial charge in [-0.2, -0.15) is 0 Å². The molecule has 164 valence electrons. The van der Waals surface area contributed by atoms with E-state index < -0.39 is 5.82 Å². The van der Waals surface area contributed by atoms with Crippen molar-refractivity contribution in [2.45, 2.75) is 13.0 Å². The Morgan fingerprint density at radius 2 is 1.78 bits per heavy atom. The predicted octanol–water partition coefficient (Wildman–Crippen LogP) is 3.51. The number of hydrogen-bond donors (Lipinski definition) is 3. The van der Waals surface area contributed by atoms with E-state index in [1.165, 1.54) is 42.7 Å². The summed E-state index contributed by atoms with van der Waals surface area (Å²) in [6, 6.07) is 15.7. The average molecular weight is 435 g/mol. The molecule has 8 heteroatoms. The summed E-state index contributed by atoms with van der Waals surface area (Å²) in [7, 11) is 0. The molecule has 3 amide bonds. The second kappa shape index (κ2) is 11.3. The van der Waals surface area contributed by atoms with Crippen LogP contribution in [0.15, 0.2) is 77.4 Å². The van der Waals surface area contributed by atoms with Crippen LogP contribution >= 0.6 is 0 Å². The Morgan fingerprint density at radius 3 is 2.53 bits per heavy atom. The first-order valence-corrected chi connectivity index (χ1v) is 9.91. The first-order valence-electron chi connectivity index (χ1n) is 9.91. The molecule has 3 rings (SSSR count). The van der Waals surface area contributed by atoms with Gasteiger partial charge >= 0.3 is 0 Å². The van der Waals surface area contributed by atoms with Gasteiger partial charge < -0.3 is 20.4 Å². The average Bonchev–Trinajstić information content (AvgIpc) is 3.31. The van der Waals surface area contributed by atoms with Crippen LogP contribution < -0.4 is 16.0 Å². The first-order chi connectivity index (χ1) is 15.5. The summed E-state index contributed by atoms with van der Waals surface area (Å²) in [5.74, 6) is -0.749. The molecule has 0 aliphatic rings. The number of rotatable bonds is 9. The Kier molecular flexibility index (Phi) is 7.91. The molecule has 0 spiro atoms. The Bertz CT molecular complexity index is 1090. The van der Waals surface area contributed by atoms with Crippen molar-refractivity contribution >= 4 is 29.5 Å². The van der Waals surface area contributed by atoms with E-state index in [2.05, 4.69) is 16.0 Å². The van der Waals surface area contributed by atoms with Crippen molar-refractivity contribution in [3.63, 3.8) is 0 Å². The van der Waals surface area contributed by atoms with E-state index in [-0.39, 0.29) is 37.2 Å². The van der Waals surface area contributed by atoms with Crippen LogP contribution in [-0.2, 0) is 16.1 Å². The summed E-state index contributed by atoms with van der Waals surface area (Å²) in [6.07, 6.45) is 4.51. The zero-order valence-electron chi connectivity index (χ0n) is 17.1. The van der Waals surface area contributed by atoms with Crippen molar-refractivity contribution in [1.82, 2.24) is 10.6 Å². The molecule has 0 unspecified atom stereocenters. The highest BCUT2D eigenvalue weighted by molar-refractivity contribution is 6.04. The maximum absolute atomic E-state index is 13.0. The van der Waals surface area contributed by atoms with Crippen LogP contribution in [0.4, 0.5) is 10.1 Å². The van der Waals surface area contributed by atoms with Crippen LogP contribution in [0.5, 0.6) is 0 Å². The van der Waals surface area contributed by atoms with Crippen LogP contribution in [0.25, 0.3) is 6.08 Å². The van der Waals surface area contributed by atoms with Crippen LogP contribution in [0, 0.1) is 5.82 Å². The summed E-state index contributed by atoms with van der Waals surface area (Å²) < 4.78 is 18.1. The zero-order chi connectivity index (χ0) is 22.8. The monoisotopic (exact) mass is 435 g/mol. The number of hydrogen-bond acceptors (Lipinski definition) is 4. The van der Waals surface area contributed by atoms with Crippen molar-refractivity contribution in [3.8, 4) is 0 Å². The number of carbonyl (C=O) groups is 3. The molecule has 0 fully saturated rings. The largest absolute Gasteiger partial charge is 0.465 e. The summed E-state index contributed by atoms with van der Waals surface area (Å²) in [5, 5.41) is 8.13. The molecule has 0 radical (unpaired) electrons. The minimum absolute atomic E-state index is 0.126. The molecule has 0 atom stereocenters. The Hall–Kier alpha value is -4.20. The molecule has 0 bridgehead atoms. The van der Waals surface area contributed by atoms with Crippen LogP contribution in [0.2, 0.25) is 0 Å². The van der Waals surface area contributed by atoms with E-state index in [1.807, 2.05) is 6.07 Å². The summed E-state index contributed by atoms with van der Waals surface area (Å²) in [5.41, 5.74) is 1.69. The lowest BCUT2D eigenvalue weighted by Gasteiger charge is -2.09. The van der Waals surface area contributed by atoms with Crippen molar-refractivity contribution in [2.24, 2.45) is 0 Å². The van der Waals surface area contributed by atoms with Gasteiger partial charge in [-0.3, -0.25) is 14.4 Å². The highest BCUT2D eigenvalue weighted by Gasteiger charge is 2.07. The number of nitrogens with one attached hydrogen (secondary N) is 3. The number of benzene rings is 2. The van der Waals surface area contributed by atoms with Gasteiger partial charge in [0.15, 0.2) is 0 Å². The molecule has 3 aromatic rings. The van der Waals surface area contributed by atoms with Crippen molar-refractivity contribution in [2.75, 3.05) is 11.9 Å². The summed E-state index contributed by atoms with van der Waals surface area (Å²) >= 11 is 0. The normalized spacial score (nSPS) is 10.7. The number of anilines is 1. The van der Waals surface area contributed by atoms with Crippen molar-refractivity contribution in [3.05, 3.63) is 95.7 Å². The molecule has 1 heterocycles. The molecular formula is C24H22FN3O4. The van der Waals surface area contributed by atoms with Crippen LogP contribution in [0.1, 0.15) is 28.1 Å². The van der Waals surface area contributed by atoms with Gasteiger partial charge in [0, 0.05) is 36.8 Å². The maximum atomic E-state index is 13.0. The van der Waals surface area contributed by atoms with Crippen molar-refractivity contribution in [1.29, 1.82) is 0 Å². The maximum Gasteiger partial charge on any atom is 0.255 e. The van der Waals surface area contributed by atoms with Gasteiger partial charge in [-0.05, 0) is 60.2 Å². The smallest absolute Gasteiger partial charge is 0.255 e. The van der Waals surface area contributed by atoms with E-state index in [1.54, 1.807) is 30.3 Å². The minimum atomic E-state index is -0.413. The molecule has 1 aromatic heterocycles. The Morgan fingerprint density at radius 1 is 0.969 bits per heavy atom. The highest BCUT2D eigenvalue weighted by atomic mass is 19.1. The lowest BCUT2D eigenvalue weighted by atomic mass is 10.1. The lowest BCUT2D eigenvalue weighted by molar-refractivity contribution is -0.121. The number of furan rings is 1. The molecule has 2 aromatic carbocycles. The highest BCUT2D eigenvalue weighted by Crippen LogP contribution is 2.13. The quantitative estimate of drug-likeness (QED) is 0.448. The van der Waals surface area contributed by atoms with Gasteiger partial charge in [-0.1, -0.05) is 12.1 Å². The molecule has 0 aliphatic carbocycles. The van der Waals surface area contributed by atoms with Gasteiger partial charge in [0.25, 0.3) is 5.91 Å². The third-order valence-corrected chi connectivity index (χ3v) is 4.37. The number of carbonyl (C=O) groups excluding carboxylic acids is 3. The van der Waals surface area contributed by atoms with Crippen LogP contribution in [-0.4, -0.2) is 24.3 Å². The third-order valence-electron chi connectivity index (χ3n) is 4.37. The van der Waals surface area contributed by atoms with Gasteiger partial charge in [-0.25, -0.2) is 4.39 Å². The lowest BCUT2D eigenvalue weighted by Crippen LogP contribution is -2.29. The van der Waals surface area contributed by atoms with E-state index in [0.717, 1.165) is 5.56 Å². The summed E-state index contributed by atoms with van der Waals surface area (Å²) in [6.45, 7) is 0.465. The van der Waals surface area contributed by atoms with E-state index in [0.29, 0.717) is 17.0 Å². The molecule has 3 N–H and O–H groups in total. The molecule has 7 nitrogen and oxygen atoms in total. The molecule has 0 saturated heterocycles. The van der Waals surface area contributed by atoms with Gasteiger partial charge in [0.1, 0.15) is 11.6 Å². The minimum Gasteiger partial charge on any atom is -0.465 e. The van der Waals surface area contributed by atoms with Crippen molar-refractivity contribution < 1.29 is 23.2 Å². The fourth-order valence-electron chi connectivity index (χ4n) is 2.75. The van der Waals surface area contributed by atoms with E-state index in [4.69, 9.17) is 4.42 Å². The topological polar surface area (TPSA) is 100 Å². The summed E-state index contributed by atoms with van der Waals surface area (Å²) in [4.78, 5) is 36.0. The second-order valence-corrected chi connectivity index (χ2v) is 6.83. The molecule has 0 aliphatic heterocycles. The fraction of sp³-hybridized carbons (Fsp3) is 0.125. The molecule has 32 heavy (non-hydrogen) atoms. The molecule has 0 saturated carbocycles. The Labute approximate surface area is 184 Å². The zero-order valence-corrected chi connectivity index (χ0v) is 17.1. The van der Waals surface area contributed by atoms with Crippen LogP contribution in [0.3, 0.4) is 0 Å². The number of amides is 3. The molecular weight excluding hydrogens is 413 g/mol. The number of halogens is 1. The fourth-order valence-corrected chi connectivity index (χ4v) is 2.75. The second-order valence-electron chi connectivity index (χ2n) is 6.83. The third kappa shape index (κ3) is 7.24. The SMILES string of the molecule is O=C(/C=C/c1ccco1)NCCC(=O)NCc1cccc(NC(=O)c2ccc(F)cc2)c1. The van der Waals surface area contributed by atoms with E-state index >= 15 is 0 Å². The predicted molar refractivity (Wildman–Crippen MR) is 118 cm³/mol. The standard InChI is InChI=1S/C24H22FN3O4/c25-19-8-6-18(7-9-19)24(31)28-20-4-1-3-17(15-20)16-27-23(30)12-13-26-22(29)11-10-21-5-2-14-32-21/h1-11,14-15H,12-13,16H2,(H,26,29)(H,27,30)(H,28,31)/b11-10+. The van der Waals surface area contributed by atoms with Gasteiger partial charge in [-0.15, -0.1) is 0 Å².